The van der Waals surface area contributed by atoms with Crippen LogP contribution in [0, 0.1) is 0 Å². The van der Waals surface area contributed by atoms with Gasteiger partial charge in [0.15, 0.2) is 0 Å². The summed E-state index contributed by atoms with van der Waals surface area (Å²) in [7, 11) is 0. The average Bonchev–Trinajstić information content (AvgIpc) is 2.36. The Morgan fingerprint density at radius 2 is 1.80 bits per heavy atom. The number of benzene rings is 1. The highest BCUT2D eigenvalue weighted by atomic mass is 15.1. The van der Waals surface area contributed by atoms with Crippen LogP contribution in [0.4, 0.5) is 0 Å². The van der Waals surface area contributed by atoms with E-state index in [-0.39, 0.29) is 5.54 Å². The van der Waals surface area contributed by atoms with E-state index in [1.165, 1.54) is 11.1 Å². The first-order chi connectivity index (χ1) is 9.33. The smallest absolute Gasteiger partial charge is 0.0242 e. The fourth-order valence-electron chi connectivity index (χ4n) is 2.09. The Balaban J connectivity index is 2.81. The fourth-order valence-corrected chi connectivity index (χ4v) is 2.09. The second-order valence-electron chi connectivity index (χ2n) is 6.68. The van der Waals surface area contributed by atoms with E-state index in [9.17, 15) is 0 Å². The summed E-state index contributed by atoms with van der Waals surface area (Å²) in [6.45, 7) is 17.8. The third-order valence-electron chi connectivity index (χ3n) is 3.39. The SMILES string of the molecule is C=CCN(Cc1ccccc1CNC(C)(C)C)C(C)C. The first-order valence-electron chi connectivity index (χ1n) is 7.50. The minimum Gasteiger partial charge on any atom is -0.308 e. The zero-order chi connectivity index (χ0) is 15.2. The molecular formula is C18H30N2. The van der Waals surface area contributed by atoms with Crippen molar-refractivity contribution in [3.63, 3.8) is 0 Å². The van der Waals surface area contributed by atoms with E-state index < -0.39 is 0 Å². The van der Waals surface area contributed by atoms with E-state index in [0.29, 0.717) is 6.04 Å². The van der Waals surface area contributed by atoms with E-state index in [1.807, 2.05) is 6.08 Å². The highest BCUT2D eigenvalue weighted by Crippen LogP contribution is 2.15. The molecule has 0 saturated carbocycles. The Kier molecular flexibility index (Phi) is 6.44. The summed E-state index contributed by atoms with van der Waals surface area (Å²) in [6.07, 6.45) is 1.98. The minimum absolute atomic E-state index is 0.145. The summed E-state index contributed by atoms with van der Waals surface area (Å²) >= 11 is 0. The van der Waals surface area contributed by atoms with Crippen molar-refractivity contribution in [2.24, 2.45) is 0 Å². The normalized spacial score (nSPS) is 12.2. The van der Waals surface area contributed by atoms with Crippen LogP contribution in [0.1, 0.15) is 45.7 Å². The number of rotatable bonds is 7. The lowest BCUT2D eigenvalue weighted by atomic mass is 10.0. The lowest BCUT2D eigenvalue weighted by molar-refractivity contribution is 0.236. The van der Waals surface area contributed by atoms with Gasteiger partial charge in [-0.1, -0.05) is 30.3 Å². The van der Waals surface area contributed by atoms with Gasteiger partial charge in [-0.05, 0) is 45.7 Å². The molecule has 2 heteroatoms. The first kappa shape index (κ1) is 16.9. The molecule has 2 nitrogen and oxygen atoms in total. The van der Waals surface area contributed by atoms with Crippen molar-refractivity contribution in [3.8, 4) is 0 Å². The van der Waals surface area contributed by atoms with Crippen LogP contribution in [-0.2, 0) is 13.1 Å². The number of nitrogens with zero attached hydrogens (tertiary/aromatic N) is 1. The van der Waals surface area contributed by atoms with Gasteiger partial charge in [-0.3, -0.25) is 4.90 Å². The number of hydrogen-bond donors (Lipinski definition) is 1. The largest absolute Gasteiger partial charge is 0.308 e. The molecule has 20 heavy (non-hydrogen) atoms. The maximum absolute atomic E-state index is 3.86. The Morgan fingerprint density at radius 3 is 2.30 bits per heavy atom. The minimum atomic E-state index is 0.145. The van der Waals surface area contributed by atoms with Crippen molar-refractivity contribution in [2.75, 3.05) is 6.54 Å². The lowest BCUT2D eigenvalue weighted by Crippen LogP contribution is -2.36. The maximum atomic E-state index is 3.86. The standard InChI is InChI=1S/C18H30N2/c1-7-12-20(15(2)3)14-17-11-9-8-10-16(17)13-19-18(4,5)6/h7-11,15,19H,1,12-14H2,2-6H3. The molecule has 1 aromatic carbocycles. The average molecular weight is 274 g/mol. The monoisotopic (exact) mass is 274 g/mol. The van der Waals surface area contributed by atoms with Crippen LogP contribution in [0.25, 0.3) is 0 Å². The topological polar surface area (TPSA) is 15.3 Å². The maximum Gasteiger partial charge on any atom is 0.0242 e. The Labute approximate surface area is 124 Å². The number of hydrogen-bond acceptors (Lipinski definition) is 2. The molecular weight excluding hydrogens is 244 g/mol. The van der Waals surface area contributed by atoms with Crippen LogP contribution in [0.15, 0.2) is 36.9 Å². The van der Waals surface area contributed by atoms with Crippen molar-refractivity contribution >= 4 is 0 Å². The van der Waals surface area contributed by atoms with E-state index in [2.05, 4.69) is 75.7 Å². The van der Waals surface area contributed by atoms with Crippen molar-refractivity contribution in [1.82, 2.24) is 10.2 Å². The van der Waals surface area contributed by atoms with Gasteiger partial charge in [0.2, 0.25) is 0 Å². The molecule has 1 N–H and O–H groups in total. The molecule has 112 valence electrons. The molecule has 0 heterocycles. The van der Waals surface area contributed by atoms with Gasteiger partial charge < -0.3 is 5.32 Å². The van der Waals surface area contributed by atoms with Gasteiger partial charge in [0, 0.05) is 31.2 Å². The summed E-state index contributed by atoms with van der Waals surface area (Å²) in [5.41, 5.74) is 2.93. The summed E-state index contributed by atoms with van der Waals surface area (Å²) in [5, 5.41) is 3.57. The molecule has 0 saturated heterocycles. The van der Waals surface area contributed by atoms with Crippen LogP contribution in [-0.4, -0.2) is 23.0 Å². The van der Waals surface area contributed by atoms with Gasteiger partial charge in [0.25, 0.3) is 0 Å². The molecule has 0 aliphatic heterocycles. The molecule has 0 spiro atoms. The van der Waals surface area contributed by atoms with Crippen LogP contribution < -0.4 is 5.32 Å². The molecule has 1 rings (SSSR count). The summed E-state index contributed by atoms with van der Waals surface area (Å²) in [4.78, 5) is 2.43. The second-order valence-corrected chi connectivity index (χ2v) is 6.68. The summed E-state index contributed by atoms with van der Waals surface area (Å²) in [5.74, 6) is 0. The van der Waals surface area contributed by atoms with Crippen molar-refractivity contribution < 1.29 is 0 Å². The molecule has 0 aliphatic rings. The molecule has 0 unspecified atom stereocenters. The molecule has 0 amide bonds. The first-order valence-corrected chi connectivity index (χ1v) is 7.50. The molecule has 0 fully saturated rings. The molecule has 0 bridgehead atoms. The Morgan fingerprint density at radius 1 is 1.20 bits per heavy atom. The zero-order valence-corrected chi connectivity index (χ0v) is 13.7. The second kappa shape index (κ2) is 7.61. The molecule has 0 aromatic heterocycles. The molecule has 0 aliphatic carbocycles. The van der Waals surface area contributed by atoms with Crippen LogP contribution in [0.5, 0.6) is 0 Å². The summed E-state index contributed by atoms with van der Waals surface area (Å²) < 4.78 is 0. The van der Waals surface area contributed by atoms with Crippen LogP contribution >= 0.6 is 0 Å². The summed E-state index contributed by atoms with van der Waals surface area (Å²) in [6, 6.07) is 9.23. The van der Waals surface area contributed by atoms with Gasteiger partial charge in [-0.25, -0.2) is 0 Å². The number of nitrogens with one attached hydrogen (secondary N) is 1. The van der Waals surface area contributed by atoms with Gasteiger partial charge in [0.1, 0.15) is 0 Å². The van der Waals surface area contributed by atoms with Crippen molar-refractivity contribution in [1.29, 1.82) is 0 Å². The third kappa shape index (κ3) is 5.89. The Hall–Kier alpha value is -1.12. The van der Waals surface area contributed by atoms with Gasteiger partial charge in [0.05, 0.1) is 0 Å². The molecule has 0 atom stereocenters. The van der Waals surface area contributed by atoms with E-state index in [0.717, 1.165) is 19.6 Å². The third-order valence-corrected chi connectivity index (χ3v) is 3.39. The van der Waals surface area contributed by atoms with E-state index in [1.54, 1.807) is 0 Å². The predicted molar refractivity (Wildman–Crippen MR) is 88.8 cm³/mol. The lowest BCUT2D eigenvalue weighted by Gasteiger charge is -2.27. The van der Waals surface area contributed by atoms with Crippen LogP contribution in [0.3, 0.4) is 0 Å². The fraction of sp³-hybridized carbons (Fsp3) is 0.556. The van der Waals surface area contributed by atoms with Crippen LogP contribution in [0.2, 0.25) is 0 Å². The zero-order valence-electron chi connectivity index (χ0n) is 13.7. The van der Waals surface area contributed by atoms with Crippen molar-refractivity contribution in [2.45, 2.75) is 59.3 Å². The van der Waals surface area contributed by atoms with E-state index in [4.69, 9.17) is 0 Å². The van der Waals surface area contributed by atoms with Crippen molar-refractivity contribution in [3.05, 3.63) is 48.0 Å². The van der Waals surface area contributed by atoms with Gasteiger partial charge in [-0.2, -0.15) is 0 Å². The highest BCUT2D eigenvalue weighted by molar-refractivity contribution is 5.27. The highest BCUT2D eigenvalue weighted by Gasteiger charge is 2.13. The quantitative estimate of drug-likeness (QED) is 0.757. The van der Waals surface area contributed by atoms with E-state index >= 15 is 0 Å². The van der Waals surface area contributed by atoms with Gasteiger partial charge >= 0.3 is 0 Å². The molecule has 1 aromatic rings. The molecule has 0 radical (unpaired) electrons. The Bertz CT molecular complexity index is 416. The predicted octanol–water partition coefficient (Wildman–Crippen LogP) is 3.97. The van der Waals surface area contributed by atoms with Gasteiger partial charge in [-0.15, -0.1) is 6.58 Å².